The van der Waals surface area contributed by atoms with Crippen molar-refractivity contribution in [3.8, 4) is 5.69 Å². The van der Waals surface area contributed by atoms with E-state index >= 15 is 0 Å². The van der Waals surface area contributed by atoms with Gasteiger partial charge in [-0.05, 0) is 24.6 Å². The van der Waals surface area contributed by atoms with Crippen molar-refractivity contribution in [2.75, 3.05) is 0 Å². The molecule has 1 unspecified atom stereocenters. The van der Waals surface area contributed by atoms with Crippen molar-refractivity contribution in [3.63, 3.8) is 0 Å². The van der Waals surface area contributed by atoms with Crippen LogP contribution in [0.4, 0.5) is 0 Å². The van der Waals surface area contributed by atoms with E-state index in [2.05, 4.69) is 10.3 Å². The maximum atomic E-state index is 10.9. The molecule has 0 bridgehead atoms. The van der Waals surface area contributed by atoms with Crippen LogP contribution < -0.4 is 0 Å². The molecular formula is C16H15N3O. The minimum absolute atomic E-state index is 0.634. The first-order chi connectivity index (χ1) is 9.69. The van der Waals surface area contributed by atoms with Crippen molar-refractivity contribution in [1.82, 2.24) is 15.0 Å². The van der Waals surface area contributed by atoms with Crippen LogP contribution in [0.15, 0.2) is 66.9 Å². The molecule has 1 aromatic heterocycles. The predicted octanol–water partition coefficient (Wildman–Crippen LogP) is 2.52. The molecule has 1 N–H and O–H groups in total. The first kappa shape index (κ1) is 12.6. The Bertz CT molecular complexity index is 690. The molecule has 0 spiro atoms. The maximum Gasteiger partial charge on any atom is 0.130 e. The van der Waals surface area contributed by atoms with Gasteiger partial charge in [-0.25, -0.2) is 4.68 Å². The van der Waals surface area contributed by atoms with Crippen LogP contribution >= 0.6 is 0 Å². The lowest BCUT2D eigenvalue weighted by atomic mass is 9.93. The van der Waals surface area contributed by atoms with E-state index < -0.39 is 5.60 Å². The van der Waals surface area contributed by atoms with Crippen LogP contribution in [0.3, 0.4) is 0 Å². The average Bonchev–Trinajstić information content (AvgIpc) is 2.99. The number of hydrogen-bond donors (Lipinski definition) is 1. The van der Waals surface area contributed by atoms with Crippen LogP contribution in [0.5, 0.6) is 0 Å². The highest BCUT2D eigenvalue weighted by atomic mass is 16.3. The van der Waals surface area contributed by atoms with Crippen molar-refractivity contribution in [2.45, 2.75) is 12.5 Å². The van der Waals surface area contributed by atoms with Crippen molar-refractivity contribution in [1.29, 1.82) is 0 Å². The van der Waals surface area contributed by atoms with E-state index in [1.807, 2.05) is 60.7 Å². The highest BCUT2D eigenvalue weighted by Crippen LogP contribution is 2.29. The number of para-hydroxylation sites is 1. The quantitative estimate of drug-likeness (QED) is 0.791. The smallest absolute Gasteiger partial charge is 0.130 e. The summed E-state index contributed by atoms with van der Waals surface area (Å²) in [5, 5.41) is 18.9. The molecule has 0 radical (unpaired) electrons. The molecule has 0 aliphatic rings. The summed E-state index contributed by atoms with van der Waals surface area (Å²) < 4.78 is 1.66. The van der Waals surface area contributed by atoms with Crippen LogP contribution in [0.2, 0.25) is 0 Å². The molecule has 20 heavy (non-hydrogen) atoms. The van der Waals surface area contributed by atoms with E-state index in [1.54, 1.807) is 17.8 Å². The Morgan fingerprint density at radius 2 is 1.55 bits per heavy atom. The molecule has 0 amide bonds. The van der Waals surface area contributed by atoms with Gasteiger partial charge in [-0.3, -0.25) is 0 Å². The fourth-order valence-electron chi connectivity index (χ4n) is 2.24. The van der Waals surface area contributed by atoms with E-state index in [-0.39, 0.29) is 0 Å². The standard InChI is InChI=1S/C16H15N3O/c1-16(20,13-8-4-2-5-9-13)15-12-17-18-19(15)14-10-6-3-7-11-14/h2-12,20H,1H3. The molecule has 0 saturated carbocycles. The lowest BCUT2D eigenvalue weighted by molar-refractivity contribution is 0.0946. The minimum atomic E-state index is -1.15. The van der Waals surface area contributed by atoms with Crippen molar-refractivity contribution < 1.29 is 5.11 Å². The lowest BCUT2D eigenvalue weighted by Gasteiger charge is -2.24. The molecule has 100 valence electrons. The highest BCUT2D eigenvalue weighted by Gasteiger charge is 2.30. The third kappa shape index (κ3) is 2.10. The van der Waals surface area contributed by atoms with Gasteiger partial charge >= 0.3 is 0 Å². The second kappa shape index (κ2) is 4.90. The number of rotatable bonds is 3. The normalized spacial score (nSPS) is 13.9. The molecule has 0 fully saturated rings. The first-order valence-electron chi connectivity index (χ1n) is 6.44. The molecule has 0 aliphatic carbocycles. The van der Waals surface area contributed by atoms with Crippen LogP contribution in [0.25, 0.3) is 5.69 Å². The summed E-state index contributed by atoms with van der Waals surface area (Å²) in [6, 6.07) is 19.2. The molecule has 0 saturated heterocycles. The van der Waals surface area contributed by atoms with E-state index in [4.69, 9.17) is 0 Å². The van der Waals surface area contributed by atoms with Gasteiger partial charge in [-0.15, -0.1) is 5.10 Å². The predicted molar refractivity (Wildman–Crippen MR) is 76.5 cm³/mol. The van der Waals surface area contributed by atoms with Gasteiger partial charge < -0.3 is 5.11 Å². The average molecular weight is 265 g/mol. The van der Waals surface area contributed by atoms with Crippen LogP contribution in [-0.2, 0) is 5.60 Å². The van der Waals surface area contributed by atoms with Gasteiger partial charge in [0.25, 0.3) is 0 Å². The summed E-state index contributed by atoms with van der Waals surface area (Å²) in [4.78, 5) is 0. The highest BCUT2D eigenvalue weighted by molar-refractivity contribution is 5.37. The Hall–Kier alpha value is -2.46. The van der Waals surface area contributed by atoms with Gasteiger partial charge in [0.1, 0.15) is 11.3 Å². The number of hydrogen-bond acceptors (Lipinski definition) is 3. The third-order valence-electron chi connectivity index (χ3n) is 3.38. The van der Waals surface area contributed by atoms with E-state index in [0.717, 1.165) is 11.3 Å². The Labute approximate surface area is 117 Å². The number of nitrogens with zero attached hydrogens (tertiary/aromatic N) is 3. The Kier molecular flexibility index (Phi) is 3.08. The maximum absolute atomic E-state index is 10.9. The van der Waals surface area contributed by atoms with E-state index in [9.17, 15) is 5.11 Å². The molecular weight excluding hydrogens is 250 g/mol. The fraction of sp³-hybridized carbons (Fsp3) is 0.125. The largest absolute Gasteiger partial charge is 0.379 e. The van der Waals surface area contributed by atoms with Gasteiger partial charge in [-0.2, -0.15) is 0 Å². The molecule has 1 heterocycles. The van der Waals surface area contributed by atoms with E-state index in [1.165, 1.54) is 0 Å². The zero-order chi connectivity index (χ0) is 14.0. The minimum Gasteiger partial charge on any atom is -0.379 e. The summed E-state index contributed by atoms with van der Waals surface area (Å²) in [6.07, 6.45) is 1.60. The zero-order valence-corrected chi connectivity index (χ0v) is 11.1. The summed E-state index contributed by atoms with van der Waals surface area (Å²) in [7, 11) is 0. The van der Waals surface area contributed by atoms with Crippen molar-refractivity contribution in [3.05, 3.63) is 78.1 Å². The van der Waals surface area contributed by atoms with Gasteiger partial charge in [0, 0.05) is 0 Å². The third-order valence-corrected chi connectivity index (χ3v) is 3.38. The zero-order valence-electron chi connectivity index (χ0n) is 11.1. The van der Waals surface area contributed by atoms with Crippen molar-refractivity contribution >= 4 is 0 Å². The molecule has 4 heteroatoms. The molecule has 1 atom stereocenters. The fourth-order valence-corrected chi connectivity index (χ4v) is 2.24. The Balaban J connectivity index is 2.10. The van der Waals surface area contributed by atoms with Gasteiger partial charge in [0.05, 0.1) is 11.9 Å². The monoisotopic (exact) mass is 265 g/mol. The SMILES string of the molecule is CC(O)(c1ccccc1)c1cnnn1-c1ccccc1. The summed E-state index contributed by atoms with van der Waals surface area (Å²) in [5.41, 5.74) is 1.16. The van der Waals surface area contributed by atoms with Crippen LogP contribution in [0.1, 0.15) is 18.2 Å². The number of aliphatic hydroxyl groups is 1. The molecule has 3 rings (SSSR count). The summed E-state index contributed by atoms with van der Waals surface area (Å²) in [5.74, 6) is 0. The van der Waals surface area contributed by atoms with Crippen LogP contribution in [0, 0.1) is 0 Å². The topological polar surface area (TPSA) is 50.9 Å². The van der Waals surface area contributed by atoms with E-state index in [0.29, 0.717) is 5.69 Å². The van der Waals surface area contributed by atoms with Gasteiger partial charge in [-0.1, -0.05) is 53.7 Å². The Morgan fingerprint density at radius 1 is 0.950 bits per heavy atom. The second-order valence-electron chi connectivity index (χ2n) is 4.80. The summed E-state index contributed by atoms with van der Waals surface area (Å²) in [6.45, 7) is 1.75. The summed E-state index contributed by atoms with van der Waals surface area (Å²) >= 11 is 0. The lowest BCUT2D eigenvalue weighted by Crippen LogP contribution is -2.26. The van der Waals surface area contributed by atoms with Gasteiger partial charge in [0.2, 0.25) is 0 Å². The molecule has 2 aromatic carbocycles. The Morgan fingerprint density at radius 3 is 2.20 bits per heavy atom. The van der Waals surface area contributed by atoms with Gasteiger partial charge in [0.15, 0.2) is 0 Å². The first-order valence-corrected chi connectivity index (χ1v) is 6.44. The number of aromatic nitrogens is 3. The van der Waals surface area contributed by atoms with Crippen LogP contribution in [-0.4, -0.2) is 20.1 Å². The molecule has 3 aromatic rings. The number of benzene rings is 2. The van der Waals surface area contributed by atoms with Crippen molar-refractivity contribution in [2.24, 2.45) is 0 Å². The molecule has 0 aliphatic heterocycles. The molecule has 4 nitrogen and oxygen atoms in total. The second-order valence-corrected chi connectivity index (χ2v) is 4.80.